The molecule has 0 spiro atoms. The van der Waals surface area contributed by atoms with Crippen molar-refractivity contribution < 1.29 is 9.90 Å². The Kier molecular flexibility index (Phi) is 6.52. The molecule has 3 nitrogen and oxygen atoms in total. The largest absolute Gasteiger partial charge is 0.481 e. The van der Waals surface area contributed by atoms with E-state index in [1.54, 1.807) is 0 Å². The molecule has 0 bridgehead atoms. The van der Waals surface area contributed by atoms with E-state index in [0.29, 0.717) is 12.3 Å². The topological polar surface area (TPSA) is 63.3 Å². The summed E-state index contributed by atoms with van der Waals surface area (Å²) in [6, 6.07) is 5.94. The average Bonchev–Trinajstić information content (AvgIpc) is 2.39. The summed E-state index contributed by atoms with van der Waals surface area (Å²) < 4.78 is 1.07. The van der Waals surface area contributed by atoms with Crippen LogP contribution in [0.15, 0.2) is 22.7 Å². The average molecular weight is 328 g/mol. The number of hydrogen-bond acceptors (Lipinski definition) is 2. The predicted octanol–water partition coefficient (Wildman–Crippen LogP) is 4.22. The molecule has 1 rings (SSSR count). The Bertz CT molecular complexity index is 430. The minimum Gasteiger partial charge on any atom is -0.481 e. The molecule has 3 N–H and O–H groups in total. The van der Waals surface area contributed by atoms with Gasteiger partial charge >= 0.3 is 5.97 Å². The van der Waals surface area contributed by atoms with Crippen molar-refractivity contribution in [2.45, 2.75) is 51.5 Å². The molecule has 0 aliphatic carbocycles. The van der Waals surface area contributed by atoms with Crippen LogP contribution in [0.2, 0.25) is 0 Å². The number of rotatable bonds is 7. The molecule has 0 saturated carbocycles. The van der Waals surface area contributed by atoms with E-state index < -0.39 is 5.97 Å². The van der Waals surface area contributed by atoms with Crippen LogP contribution in [0.25, 0.3) is 0 Å². The first kappa shape index (κ1) is 16.2. The fourth-order valence-electron chi connectivity index (χ4n) is 2.28. The van der Waals surface area contributed by atoms with Gasteiger partial charge in [0.2, 0.25) is 0 Å². The molecule has 0 heterocycles. The minimum absolute atomic E-state index is 0.104. The summed E-state index contributed by atoms with van der Waals surface area (Å²) in [5.41, 5.74) is 8.31. The summed E-state index contributed by atoms with van der Waals surface area (Å²) in [6.45, 7) is 4.38. The highest BCUT2D eigenvalue weighted by atomic mass is 79.9. The second kappa shape index (κ2) is 7.65. The zero-order valence-corrected chi connectivity index (χ0v) is 13.1. The standard InChI is InChI=1S/C15H22BrNO2/c1-3-10(4-2)12-6-5-11(9-13(12)16)14(17)7-8-15(18)19/h5-6,9-10,14H,3-4,7-8,17H2,1-2H3,(H,18,19). The van der Waals surface area contributed by atoms with Crippen molar-refractivity contribution in [2.24, 2.45) is 5.73 Å². The summed E-state index contributed by atoms with van der Waals surface area (Å²) in [4.78, 5) is 10.6. The first-order valence-corrected chi connectivity index (χ1v) is 7.55. The smallest absolute Gasteiger partial charge is 0.303 e. The fraction of sp³-hybridized carbons (Fsp3) is 0.533. The fourth-order valence-corrected chi connectivity index (χ4v) is 3.00. The number of hydrogen-bond donors (Lipinski definition) is 2. The van der Waals surface area contributed by atoms with Crippen LogP contribution in [0, 0.1) is 0 Å². The van der Waals surface area contributed by atoms with Crippen molar-refractivity contribution in [3.63, 3.8) is 0 Å². The highest BCUT2D eigenvalue weighted by Gasteiger charge is 2.14. The number of carbonyl (C=O) groups is 1. The maximum atomic E-state index is 10.6. The van der Waals surface area contributed by atoms with Crippen LogP contribution in [-0.4, -0.2) is 11.1 Å². The van der Waals surface area contributed by atoms with Crippen LogP contribution in [-0.2, 0) is 4.79 Å². The van der Waals surface area contributed by atoms with E-state index in [1.807, 2.05) is 12.1 Å². The lowest BCUT2D eigenvalue weighted by molar-refractivity contribution is -0.137. The van der Waals surface area contributed by atoms with Crippen molar-refractivity contribution in [1.29, 1.82) is 0 Å². The zero-order chi connectivity index (χ0) is 14.4. The van der Waals surface area contributed by atoms with Crippen molar-refractivity contribution in [3.8, 4) is 0 Å². The van der Waals surface area contributed by atoms with Gasteiger partial charge in [-0.1, -0.05) is 41.9 Å². The minimum atomic E-state index is -0.803. The van der Waals surface area contributed by atoms with Crippen molar-refractivity contribution in [1.82, 2.24) is 0 Å². The maximum absolute atomic E-state index is 10.6. The Balaban J connectivity index is 2.83. The van der Waals surface area contributed by atoms with Gasteiger partial charge in [-0.3, -0.25) is 4.79 Å². The summed E-state index contributed by atoms with van der Waals surface area (Å²) in [6.07, 6.45) is 2.79. The van der Waals surface area contributed by atoms with E-state index in [-0.39, 0.29) is 12.5 Å². The normalized spacial score (nSPS) is 12.7. The summed E-state index contributed by atoms with van der Waals surface area (Å²) >= 11 is 3.61. The van der Waals surface area contributed by atoms with E-state index in [2.05, 4.69) is 35.8 Å². The van der Waals surface area contributed by atoms with Gasteiger partial charge in [0.15, 0.2) is 0 Å². The molecule has 0 saturated heterocycles. The predicted molar refractivity (Wildman–Crippen MR) is 81.3 cm³/mol. The third-order valence-electron chi connectivity index (χ3n) is 3.55. The molecule has 106 valence electrons. The van der Waals surface area contributed by atoms with Gasteiger partial charge in [-0.15, -0.1) is 0 Å². The van der Waals surface area contributed by atoms with Crippen molar-refractivity contribution in [3.05, 3.63) is 33.8 Å². The quantitative estimate of drug-likeness (QED) is 0.788. The van der Waals surface area contributed by atoms with E-state index in [1.165, 1.54) is 5.56 Å². The lowest BCUT2D eigenvalue weighted by Gasteiger charge is -2.18. The van der Waals surface area contributed by atoms with Gasteiger partial charge in [0.1, 0.15) is 0 Å². The molecule has 4 heteroatoms. The lowest BCUT2D eigenvalue weighted by Crippen LogP contribution is -2.12. The van der Waals surface area contributed by atoms with Crippen LogP contribution < -0.4 is 5.73 Å². The Labute approximate surface area is 123 Å². The van der Waals surface area contributed by atoms with Crippen molar-refractivity contribution in [2.75, 3.05) is 0 Å². The highest BCUT2D eigenvalue weighted by molar-refractivity contribution is 9.10. The van der Waals surface area contributed by atoms with E-state index in [4.69, 9.17) is 10.8 Å². The van der Waals surface area contributed by atoms with Crippen LogP contribution in [0.5, 0.6) is 0 Å². The van der Waals surface area contributed by atoms with Gasteiger partial charge in [0, 0.05) is 16.9 Å². The maximum Gasteiger partial charge on any atom is 0.303 e. The molecule has 19 heavy (non-hydrogen) atoms. The molecule has 0 aliphatic heterocycles. The number of aliphatic carboxylic acids is 1. The molecular weight excluding hydrogens is 306 g/mol. The Morgan fingerprint density at radius 2 is 2.00 bits per heavy atom. The third-order valence-corrected chi connectivity index (χ3v) is 4.23. The molecule has 0 fully saturated rings. The molecular formula is C15H22BrNO2. The molecule has 0 radical (unpaired) electrons. The monoisotopic (exact) mass is 327 g/mol. The zero-order valence-electron chi connectivity index (χ0n) is 11.5. The number of carboxylic acids is 1. The molecule has 1 atom stereocenters. The number of halogens is 1. The Morgan fingerprint density at radius 1 is 1.37 bits per heavy atom. The third kappa shape index (κ3) is 4.62. The SMILES string of the molecule is CCC(CC)c1ccc(C(N)CCC(=O)O)cc1Br. The van der Waals surface area contributed by atoms with Gasteiger partial charge in [-0.2, -0.15) is 0 Å². The van der Waals surface area contributed by atoms with Gasteiger partial charge in [0.05, 0.1) is 0 Å². The van der Waals surface area contributed by atoms with Gasteiger partial charge in [-0.05, 0) is 42.4 Å². The van der Waals surface area contributed by atoms with Gasteiger partial charge in [-0.25, -0.2) is 0 Å². The highest BCUT2D eigenvalue weighted by Crippen LogP contribution is 2.32. The Hall–Kier alpha value is -0.870. The summed E-state index contributed by atoms with van der Waals surface area (Å²) in [7, 11) is 0. The molecule has 0 amide bonds. The van der Waals surface area contributed by atoms with Crippen LogP contribution in [0.1, 0.15) is 62.6 Å². The molecule has 0 aliphatic rings. The van der Waals surface area contributed by atoms with E-state index in [9.17, 15) is 4.79 Å². The Morgan fingerprint density at radius 3 is 2.47 bits per heavy atom. The van der Waals surface area contributed by atoms with Crippen LogP contribution in [0.4, 0.5) is 0 Å². The second-order valence-electron chi connectivity index (χ2n) is 4.83. The lowest BCUT2D eigenvalue weighted by atomic mass is 9.92. The van der Waals surface area contributed by atoms with Crippen LogP contribution >= 0.6 is 15.9 Å². The first-order chi connectivity index (χ1) is 8.99. The number of nitrogens with two attached hydrogens (primary N) is 1. The molecule has 1 aromatic rings. The van der Waals surface area contributed by atoms with Crippen molar-refractivity contribution >= 4 is 21.9 Å². The van der Waals surface area contributed by atoms with Gasteiger partial charge in [0.25, 0.3) is 0 Å². The number of benzene rings is 1. The van der Waals surface area contributed by atoms with E-state index in [0.717, 1.165) is 22.9 Å². The molecule has 0 aromatic heterocycles. The molecule has 1 unspecified atom stereocenters. The van der Waals surface area contributed by atoms with E-state index >= 15 is 0 Å². The van der Waals surface area contributed by atoms with Crippen LogP contribution in [0.3, 0.4) is 0 Å². The second-order valence-corrected chi connectivity index (χ2v) is 5.69. The van der Waals surface area contributed by atoms with Gasteiger partial charge < -0.3 is 10.8 Å². The molecule has 1 aromatic carbocycles. The summed E-state index contributed by atoms with van der Waals surface area (Å²) in [5.74, 6) is -0.248. The first-order valence-electron chi connectivity index (χ1n) is 6.76. The number of carboxylic acid groups (broad SMARTS) is 1. The summed E-state index contributed by atoms with van der Waals surface area (Å²) in [5, 5.41) is 8.68.